The van der Waals surface area contributed by atoms with E-state index < -0.39 is 24.3 Å². The van der Waals surface area contributed by atoms with Crippen molar-refractivity contribution in [1.82, 2.24) is 9.55 Å². The third kappa shape index (κ3) is 2.28. The summed E-state index contributed by atoms with van der Waals surface area (Å²) in [5.74, 6) is -1.12. The van der Waals surface area contributed by atoms with Crippen LogP contribution in [0.2, 0.25) is 0 Å². The Morgan fingerprint density at radius 1 is 1.44 bits per heavy atom. The van der Waals surface area contributed by atoms with Crippen molar-refractivity contribution in [2.24, 2.45) is 0 Å². The maximum Gasteiger partial charge on any atom is 0.416 e. The van der Waals surface area contributed by atoms with E-state index in [0.717, 1.165) is 12.1 Å². The van der Waals surface area contributed by atoms with Crippen LogP contribution in [0.25, 0.3) is 11.0 Å². The van der Waals surface area contributed by atoms with Crippen LogP contribution in [0.5, 0.6) is 0 Å². The minimum atomic E-state index is -4.46. The van der Waals surface area contributed by atoms with Crippen molar-refractivity contribution in [3.63, 3.8) is 0 Å². The molecule has 2 rings (SSSR count). The van der Waals surface area contributed by atoms with Gasteiger partial charge in [0.2, 0.25) is 0 Å². The van der Waals surface area contributed by atoms with Gasteiger partial charge in [-0.25, -0.2) is 4.98 Å². The van der Waals surface area contributed by atoms with Crippen LogP contribution in [-0.4, -0.2) is 20.6 Å². The normalized spacial score (nSPS) is 12.0. The first kappa shape index (κ1) is 12.7. The van der Waals surface area contributed by atoms with Crippen molar-refractivity contribution < 1.29 is 23.1 Å². The molecule has 1 aromatic heterocycles. The highest BCUT2D eigenvalue weighted by molar-refractivity contribution is 7.80. The number of hydrogen-bond donors (Lipinski definition) is 2. The van der Waals surface area contributed by atoms with Gasteiger partial charge in [0, 0.05) is 0 Å². The number of carbonyl (C=O) groups is 1. The molecule has 0 aliphatic heterocycles. The maximum absolute atomic E-state index is 12.5. The van der Waals surface area contributed by atoms with Gasteiger partial charge in [-0.15, -0.1) is 12.6 Å². The first-order valence-electron chi connectivity index (χ1n) is 4.77. The predicted molar refractivity (Wildman–Crippen MR) is 59.6 cm³/mol. The van der Waals surface area contributed by atoms with Gasteiger partial charge in [0.05, 0.1) is 16.6 Å². The molecule has 0 saturated carbocycles. The molecule has 0 unspecified atom stereocenters. The summed E-state index contributed by atoms with van der Waals surface area (Å²) < 4.78 is 38.7. The fourth-order valence-electron chi connectivity index (χ4n) is 1.58. The Labute approximate surface area is 104 Å². The molecule has 1 aromatic carbocycles. The first-order chi connectivity index (χ1) is 8.29. The van der Waals surface area contributed by atoms with E-state index >= 15 is 0 Å². The van der Waals surface area contributed by atoms with Crippen LogP contribution in [0.4, 0.5) is 13.2 Å². The SMILES string of the molecule is O=C(O)Cn1c(S)nc2cc(C(F)(F)F)ccc21. The highest BCUT2D eigenvalue weighted by atomic mass is 32.1. The third-order valence-corrected chi connectivity index (χ3v) is 2.69. The average molecular weight is 276 g/mol. The molecule has 0 aliphatic rings. The summed E-state index contributed by atoms with van der Waals surface area (Å²) in [6.07, 6.45) is -4.46. The molecule has 8 heteroatoms. The van der Waals surface area contributed by atoms with Crippen LogP contribution in [0.1, 0.15) is 5.56 Å². The number of hydrogen-bond acceptors (Lipinski definition) is 3. The van der Waals surface area contributed by atoms with Crippen molar-refractivity contribution in [1.29, 1.82) is 0 Å². The van der Waals surface area contributed by atoms with Crippen LogP contribution in [0.15, 0.2) is 23.4 Å². The van der Waals surface area contributed by atoms with E-state index in [1.165, 1.54) is 10.6 Å². The average Bonchev–Trinajstić information content (AvgIpc) is 2.53. The smallest absolute Gasteiger partial charge is 0.416 e. The summed E-state index contributed by atoms with van der Waals surface area (Å²) in [5.41, 5.74) is -0.463. The van der Waals surface area contributed by atoms with Crippen LogP contribution >= 0.6 is 12.6 Å². The topological polar surface area (TPSA) is 55.1 Å². The number of nitrogens with zero attached hydrogens (tertiary/aromatic N) is 2. The number of carboxylic acids is 1. The van der Waals surface area contributed by atoms with E-state index in [4.69, 9.17) is 5.11 Å². The number of aliphatic carboxylic acids is 1. The quantitative estimate of drug-likeness (QED) is 0.828. The van der Waals surface area contributed by atoms with Gasteiger partial charge in [-0.1, -0.05) is 0 Å². The van der Waals surface area contributed by atoms with Gasteiger partial charge in [-0.2, -0.15) is 13.2 Å². The van der Waals surface area contributed by atoms with Gasteiger partial charge >= 0.3 is 12.1 Å². The fourth-order valence-corrected chi connectivity index (χ4v) is 1.87. The Morgan fingerprint density at radius 2 is 2.11 bits per heavy atom. The summed E-state index contributed by atoms with van der Waals surface area (Å²) in [7, 11) is 0. The highest BCUT2D eigenvalue weighted by Gasteiger charge is 2.31. The molecule has 1 heterocycles. The Balaban J connectivity index is 2.58. The highest BCUT2D eigenvalue weighted by Crippen LogP contribution is 2.31. The number of rotatable bonds is 2. The lowest BCUT2D eigenvalue weighted by atomic mass is 10.2. The van der Waals surface area contributed by atoms with Crippen LogP contribution < -0.4 is 0 Å². The Kier molecular flexibility index (Phi) is 2.97. The molecule has 0 amide bonds. The van der Waals surface area contributed by atoms with Gasteiger partial charge in [0.25, 0.3) is 0 Å². The lowest BCUT2D eigenvalue weighted by Crippen LogP contribution is -2.09. The van der Waals surface area contributed by atoms with Gasteiger partial charge < -0.3 is 9.67 Å². The van der Waals surface area contributed by atoms with Crippen LogP contribution in [0.3, 0.4) is 0 Å². The molecule has 18 heavy (non-hydrogen) atoms. The van der Waals surface area contributed by atoms with Crippen LogP contribution in [-0.2, 0) is 17.5 Å². The molecule has 2 aromatic rings. The fraction of sp³-hybridized carbons (Fsp3) is 0.200. The lowest BCUT2D eigenvalue weighted by Gasteiger charge is -2.06. The number of halogens is 3. The molecule has 0 spiro atoms. The van der Waals surface area contributed by atoms with Crippen molar-refractivity contribution in [2.75, 3.05) is 0 Å². The second kappa shape index (κ2) is 4.20. The van der Waals surface area contributed by atoms with Gasteiger partial charge in [-0.05, 0) is 18.2 Å². The molecule has 0 atom stereocenters. The van der Waals surface area contributed by atoms with E-state index in [9.17, 15) is 18.0 Å². The van der Waals surface area contributed by atoms with E-state index in [0.29, 0.717) is 5.52 Å². The van der Waals surface area contributed by atoms with Crippen molar-refractivity contribution in [2.45, 2.75) is 17.9 Å². The molecular formula is C10H7F3N2O2S. The first-order valence-corrected chi connectivity index (χ1v) is 5.22. The number of alkyl halides is 3. The number of benzene rings is 1. The number of thiol groups is 1. The van der Waals surface area contributed by atoms with E-state index in [1.54, 1.807) is 0 Å². The Bertz CT molecular complexity index is 621. The number of carboxylic acid groups (broad SMARTS) is 1. The zero-order chi connectivity index (χ0) is 13.5. The number of imidazole rings is 1. The van der Waals surface area contributed by atoms with E-state index in [-0.39, 0.29) is 10.7 Å². The van der Waals surface area contributed by atoms with Gasteiger partial charge in [-0.3, -0.25) is 4.79 Å². The largest absolute Gasteiger partial charge is 0.480 e. The third-order valence-electron chi connectivity index (χ3n) is 2.35. The summed E-state index contributed by atoms with van der Waals surface area (Å²) in [6.45, 7) is -0.402. The monoisotopic (exact) mass is 276 g/mol. The molecule has 96 valence electrons. The molecule has 0 fully saturated rings. The van der Waals surface area contributed by atoms with Crippen molar-refractivity contribution >= 4 is 29.6 Å². The molecule has 0 aliphatic carbocycles. The van der Waals surface area contributed by atoms with Crippen molar-refractivity contribution in [3.8, 4) is 0 Å². The molecule has 1 N–H and O–H groups in total. The second-order valence-electron chi connectivity index (χ2n) is 3.59. The minimum Gasteiger partial charge on any atom is -0.480 e. The molecule has 0 radical (unpaired) electrons. The molecule has 4 nitrogen and oxygen atoms in total. The Hall–Kier alpha value is -1.70. The minimum absolute atomic E-state index is 0.0618. The summed E-state index contributed by atoms with van der Waals surface area (Å²) in [4.78, 5) is 14.4. The summed E-state index contributed by atoms with van der Waals surface area (Å²) in [6, 6.07) is 2.94. The zero-order valence-corrected chi connectivity index (χ0v) is 9.66. The molecule has 0 bridgehead atoms. The number of aromatic nitrogens is 2. The van der Waals surface area contributed by atoms with E-state index in [1.807, 2.05) is 0 Å². The van der Waals surface area contributed by atoms with Crippen molar-refractivity contribution in [3.05, 3.63) is 23.8 Å². The Morgan fingerprint density at radius 3 is 2.67 bits per heavy atom. The molecular weight excluding hydrogens is 269 g/mol. The predicted octanol–water partition coefficient (Wildman–Crippen LogP) is 2.43. The van der Waals surface area contributed by atoms with Gasteiger partial charge in [0.1, 0.15) is 6.54 Å². The van der Waals surface area contributed by atoms with Crippen LogP contribution in [0, 0.1) is 0 Å². The van der Waals surface area contributed by atoms with E-state index in [2.05, 4.69) is 17.6 Å². The standard InChI is InChI=1S/C10H7F3N2O2S/c11-10(12,13)5-1-2-7-6(3-5)14-9(18)15(7)4-8(16)17/h1-3H,4H2,(H,14,18)(H,16,17). The summed E-state index contributed by atoms with van der Waals surface area (Å²) in [5, 5.41) is 8.75. The zero-order valence-electron chi connectivity index (χ0n) is 8.77. The second-order valence-corrected chi connectivity index (χ2v) is 3.99. The lowest BCUT2D eigenvalue weighted by molar-refractivity contribution is -0.138. The maximum atomic E-state index is 12.5. The molecule has 0 saturated heterocycles. The summed E-state index contributed by atoms with van der Waals surface area (Å²) >= 11 is 3.95. The number of fused-ring (bicyclic) bond motifs is 1. The van der Waals surface area contributed by atoms with Gasteiger partial charge in [0.15, 0.2) is 5.16 Å².